The van der Waals surface area contributed by atoms with Crippen molar-refractivity contribution >= 4 is 28.8 Å². The highest BCUT2D eigenvalue weighted by atomic mass is 32.1. The molecule has 0 spiro atoms. The van der Waals surface area contributed by atoms with E-state index in [1.807, 2.05) is 41.1 Å². The first-order chi connectivity index (χ1) is 15.1. The van der Waals surface area contributed by atoms with Crippen LogP contribution in [0.25, 0.3) is 5.65 Å². The van der Waals surface area contributed by atoms with Gasteiger partial charge in [-0.3, -0.25) is 9.59 Å². The number of fused-ring (bicyclic) bond motifs is 1. The van der Waals surface area contributed by atoms with Gasteiger partial charge in [0.2, 0.25) is 5.91 Å². The Morgan fingerprint density at radius 2 is 2.03 bits per heavy atom. The SMILES string of the molecule is O=C(NCc1ccn2ccnc2c1)c1ccc(C2(NC(=O)C3CCOCC3)CCC2)s1. The smallest absolute Gasteiger partial charge is 0.261 e. The van der Waals surface area contributed by atoms with Gasteiger partial charge >= 0.3 is 0 Å². The number of imidazole rings is 1. The second-order valence-electron chi connectivity index (χ2n) is 8.39. The maximum absolute atomic E-state index is 12.8. The molecule has 4 heterocycles. The second-order valence-corrected chi connectivity index (χ2v) is 9.47. The molecule has 0 atom stereocenters. The van der Waals surface area contributed by atoms with E-state index in [1.165, 1.54) is 11.3 Å². The first-order valence-corrected chi connectivity index (χ1v) is 11.6. The van der Waals surface area contributed by atoms with Crippen molar-refractivity contribution in [2.24, 2.45) is 5.92 Å². The molecule has 162 valence electrons. The summed E-state index contributed by atoms with van der Waals surface area (Å²) in [6.07, 6.45) is 10.1. The second kappa shape index (κ2) is 8.43. The highest BCUT2D eigenvalue weighted by Gasteiger charge is 2.42. The first-order valence-electron chi connectivity index (χ1n) is 10.8. The molecule has 2 aliphatic rings. The van der Waals surface area contributed by atoms with Crippen LogP contribution >= 0.6 is 11.3 Å². The predicted octanol–water partition coefficient (Wildman–Crippen LogP) is 3.25. The first kappa shape index (κ1) is 20.2. The summed E-state index contributed by atoms with van der Waals surface area (Å²) in [5.41, 5.74) is 1.55. The topological polar surface area (TPSA) is 84.7 Å². The van der Waals surface area contributed by atoms with Crippen molar-refractivity contribution < 1.29 is 14.3 Å². The van der Waals surface area contributed by atoms with Gasteiger partial charge in [-0.1, -0.05) is 0 Å². The van der Waals surface area contributed by atoms with Crippen LogP contribution in [0.5, 0.6) is 0 Å². The van der Waals surface area contributed by atoms with Gasteiger partial charge in [0, 0.05) is 49.1 Å². The molecule has 8 heteroatoms. The fourth-order valence-corrected chi connectivity index (χ4v) is 5.43. The number of thiophene rings is 1. The van der Waals surface area contributed by atoms with Gasteiger partial charge in [0.15, 0.2) is 0 Å². The third kappa shape index (κ3) is 4.09. The zero-order valence-electron chi connectivity index (χ0n) is 17.3. The number of rotatable bonds is 6. The number of nitrogens with one attached hydrogen (secondary N) is 2. The summed E-state index contributed by atoms with van der Waals surface area (Å²) in [6.45, 7) is 1.75. The predicted molar refractivity (Wildman–Crippen MR) is 118 cm³/mol. The Morgan fingerprint density at radius 1 is 1.19 bits per heavy atom. The highest BCUT2D eigenvalue weighted by molar-refractivity contribution is 7.14. The van der Waals surface area contributed by atoms with Crippen LogP contribution in [0, 0.1) is 5.92 Å². The van der Waals surface area contributed by atoms with Gasteiger partial charge in [-0.25, -0.2) is 4.98 Å². The molecule has 0 aromatic carbocycles. The van der Waals surface area contributed by atoms with E-state index in [-0.39, 0.29) is 23.3 Å². The molecular formula is C23H26N4O3S. The number of hydrogen-bond donors (Lipinski definition) is 2. The third-order valence-corrected chi connectivity index (χ3v) is 7.67. The minimum Gasteiger partial charge on any atom is -0.381 e. The summed E-state index contributed by atoms with van der Waals surface area (Å²) in [5, 5.41) is 6.31. The van der Waals surface area contributed by atoms with Crippen molar-refractivity contribution in [3.8, 4) is 0 Å². The van der Waals surface area contributed by atoms with E-state index in [1.54, 1.807) is 6.20 Å². The van der Waals surface area contributed by atoms with Crippen LogP contribution in [0.2, 0.25) is 0 Å². The normalized spacial score (nSPS) is 18.5. The van der Waals surface area contributed by atoms with Crippen LogP contribution < -0.4 is 10.6 Å². The summed E-state index contributed by atoms with van der Waals surface area (Å²) in [7, 11) is 0. The lowest BCUT2D eigenvalue weighted by Crippen LogP contribution is -2.52. The Kier molecular flexibility index (Phi) is 5.50. The lowest BCUT2D eigenvalue weighted by molar-refractivity contribution is -0.131. The minimum absolute atomic E-state index is 0.0291. The molecule has 5 rings (SSSR count). The number of carbonyl (C=O) groups excluding carboxylic acids is 2. The molecule has 3 aromatic rings. The number of nitrogens with zero attached hydrogens (tertiary/aromatic N) is 2. The maximum atomic E-state index is 12.8. The van der Waals surface area contributed by atoms with Crippen molar-refractivity contribution in [3.05, 3.63) is 58.2 Å². The molecule has 1 saturated carbocycles. The molecule has 2 N–H and O–H groups in total. The summed E-state index contributed by atoms with van der Waals surface area (Å²) in [5.74, 6) is 0.0582. The summed E-state index contributed by atoms with van der Waals surface area (Å²) < 4.78 is 7.31. The molecule has 0 radical (unpaired) electrons. The zero-order chi connectivity index (χ0) is 21.3. The molecule has 1 aliphatic carbocycles. The molecule has 7 nitrogen and oxygen atoms in total. The monoisotopic (exact) mass is 438 g/mol. The zero-order valence-corrected chi connectivity index (χ0v) is 18.1. The lowest BCUT2D eigenvalue weighted by atomic mass is 9.75. The Hall–Kier alpha value is -2.71. The number of amides is 2. The molecular weight excluding hydrogens is 412 g/mol. The minimum atomic E-state index is -0.315. The Bertz CT molecular complexity index is 1100. The fraction of sp³-hybridized carbons (Fsp3) is 0.435. The van der Waals surface area contributed by atoms with Crippen LogP contribution in [0.3, 0.4) is 0 Å². The van der Waals surface area contributed by atoms with E-state index in [4.69, 9.17) is 4.74 Å². The molecule has 2 fully saturated rings. The van der Waals surface area contributed by atoms with Crippen molar-refractivity contribution in [2.45, 2.75) is 44.2 Å². The van der Waals surface area contributed by atoms with Gasteiger partial charge in [0.1, 0.15) is 5.65 Å². The maximum Gasteiger partial charge on any atom is 0.261 e. The van der Waals surface area contributed by atoms with Gasteiger partial charge in [-0.15, -0.1) is 11.3 Å². The molecule has 0 unspecified atom stereocenters. The molecule has 1 saturated heterocycles. The highest BCUT2D eigenvalue weighted by Crippen LogP contribution is 2.44. The van der Waals surface area contributed by atoms with Crippen molar-refractivity contribution in [2.75, 3.05) is 13.2 Å². The molecule has 1 aliphatic heterocycles. The molecule has 3 aromatic heterocycles. The number of aromatic nitrogens is 2. The number of carbonyl (C=O) groups is 2. The number of pyridine rings is 1. The summed E-state index contributed by atoms with van der Waals surface area (Å²) >= 11 is 1.48. The third-order valence-electron chi connectivity index (χ3n) is 6.38. The van der Waals surface area contributed by atoms with Gasteiger partial charge in [0.25, 0.3) is 5.91 Å². The van der Waals surface area contributed by atoms with Crippen LogP contribution in [-0.4, -0.2) is 34.4 Å². The van der Waals surface area contributed by atoms with Gasteiger partial charge in [-0.05, 0) is 61.9 Å². The van der Waals surface area contributed by atoms with Gasteiger partial charge in [0.05, 0.1) is 10.4 Å². The largest absolute Gasteiger partial charge is 0.381 e. The van der Waals surface area contributed by atoms with Crippen LogP contribution in [0.4, 0.5) is 0 Å². The van der Waals surface area contributed by atoms with E-state index in [0.717, 1.165) is 48.2 Å². The van der Waals surface area contributed by atoms with Crippen LogP contribution in [-0.2, 0) is 21.6 Å². The van der Waals surface area contributed by atoms with E-state index >= 15 is 0 Å². The average molecular weight is 439 g/mol. The van der Waals surface area contributed by atoms with Crippen molar-refractivity contribution in [1.82, 2.24) is 20.0 Å². The van der Waals surface area contributed by atoms with Crippen molar-refractivity contribution in [1.29, 1.82) is 0 Å². The van der Waals surface area contributed by atoms with Gasteiger partial charge < -0.3 is 19.8 Å². The van der Waals surface area contributed by atoms with Crippen LogP contribution in [0.15, 0.2) is 42.9 Å². The fourth-order valence-electron chi connectivity index (χ4n) is 4.31. The Morgan fingerprint density at radius 3 is 2.81 bits per heavy atom. The number of ether oxygens (including phenoxy) is 1. The standard InChI is InChI=1S/C23H26N4O3S/c28-21(17-5-12-30-13-6-17)26-23(7-1-8-23)19-3-2-18(31-19)22(29)25-15-16-4-10-27-11-9-24-20(27)14-16/h2-4,9-11,14,17H,1,5-8,12-13,15H2,(H,25,29)(H,26,28). The molecule has 31 heavy (non-hydrogen) atoms. The molecule has 0 bridgehead atoms. The van der Waals surface area contributed by atoms with E-state index in [2.05, 4.69) is 15.6 Å². The quantitative estimate of drug-likeness (QED) is 0.619. The Labute approximate surface area is 184 Å². The summed E-state index contributed by atoms with van der Waals surface area (Å²) in [6, 6.07) is 7.81. The van der Waals surface area contributed by atoms with E-state index in [9.17, 15) is 9.59 Å². The molecule has 2 amide bonds. The van der Waals surface area contributed by atoms with Crippen molar-refractivity contribution in [3.63, 3.8) is 0 Å². The van der Waals surface area contributed by atoms with E-state index in [0.29, 0.717) is 24.6 Å². The van der Waals surface area contributed by atoms with E-state index < -0.39 is 0 Å². The van der Waals surface area contributed by atoms with Crippen LogP contribution in [0.1, 0.15) is 52.2 Å². The lowest BCUT2D eigenvalue weighted by Gasteiger charge is -2.43. The summed E-state index contributed by atoms with van der Waals surface area (Å²) in [4.78, 5) is 31.6. The number of hydrogen-bond acceptors (Lipinski definition) is 5. The van der Waals surface area contributed by atoms with Gasteiger partial charge in [-0.2, -0.15) is 0 Å². The Balaban J connectivity index is 1.23. The average Bonchev–Trinajstić information content (AvgIpc) is 3.44.